The molecule has 2 N–H and O–H groups in total. The Kier molecular flexibility index (Phi) is 7.28. The van der Waals surface area contributed by atoms with E-state index in [1.54, 1.807) is 26.4 Å². The van der Waals surface area contributed by atoms with Crippen molar-refractivity contribution >= 4 is 11.8 Å². The number of benzene rings is 2. The molecule has 0 fully saturated rings. The molecule has 0 aliphatic rings. The first-order valence-corrected chi connectivity index (χ1v) is 8.95. The van der Waals surface area contributed by atoms with Crippen LogP contribution in [-0.2, 0) is 6.54 Å². The second-order valence-corrected chi connectivity index (χ2v) is 6.77. The number of phenolic OH excluding ortho intramolecular Hbond substituents is 1. The van der Waals surface area contributed by atoms with E-state index >= 15 is 0 Å². The lowest BCUT2D eigenvalue weighted by atomic mass is 10.2. The van der Waals surface area contributed by atoms with E-state index in [9.17, 15) is 5.11 Å². The number of hydrogen-bond donors (Lipinski definition) is 2. The Labute approximate surface area is 148 Å². The van der Waals surface area contributed by atoms with Crippen molar-refractivity contribution in [3.63, 3.8) is 0 Å². The second-order valence-electron chi connectivity index (χ2n) is 5.70. The third-order valence-electron chi connectivity index (χ3n) is 3.66. The first kappa shape index (κ1) is 18.5. The molecule has 0 bridgehead atoms. The molecule has 1 unspecified atom stereocenters. The maximum Gasteiger partial charge on any atom is 0.160 e. The van der Waals surface area contributed by atoms with E-state index in [1.807, 2.05) is 36.0 Å². The lowest BCUT2D eigenvalue weighted by Crippen LogP contribution is -2.22. The molecule has 130 valence electrons. The average molecular weight is 347 g/mol. The summed E-state index contributed by atoms with van der Waals surface area (Å²) in [5.41, 5.74) is 1.04. The SMILES string of the molecule is COc1ccc(CNCC(C)CSc2ccccc2OC)cc1O. The highest BCUT2D eigenvalue weighted by molar-refractivity contribution is 7.99. The third-order valence-corrected chi connectivity index (χ3v) is 5.04. The van der Waals surface area contributed by atoms with E-state index in [4.69, 9.17) is 9.47 Å². The fraction of sp³-hybridized carbons (Fsp3) is 0.368. The van der Waals surface area contributed by atoms with E-state index in [-0.39, 0.29) is 5.75 Å². The van der Waals surface area contributed by atoms with Crippen molar-refractivity contribution in [2.45, 2.75) is 18.4 Å². The molecular formula is C19H25NO3S. The minimum absolute atomic E-state index is 0.177. The quantitative estimate of drug-likeness (QED) is 0.673. The molecule has 0 saturated heterocycles. The fourth-order valence-corrected chi connectivity index (χ4v) is 3.39. The summed E-state index contributed by atoms with van der Waals surface area (Å²) < 4.78 is 10.4. The first-order chi connectivity index (χ1) is 11.6. The van der Waals surface area contributed by atoms with Gasteiger partial charge in [0.05, 0.1) is 14.2 Å². The molecule has 0 heterocycles. The Morgan fingerprint density at radius 3 is 2.54 bits per heavy atom. The summed E-state index contributed by atoms with van der Waals surface area (Å²) in [6, 6.07) is 13.6. The molecule has 0 amide bonds. The normalized spacial score (nSPS) is 12.0. The standard InChI is InChI=1S/C19H25NO3S/c1-14(13-24-19-7-5-4-6-18(19)23-3)11-20-12-15-8-9-17(22-2)16(21)10-15/h4-10,14,20-21H,11-13H2,1-3H3. The van der Waals surface area contributed by atoms with Gasteiger partial charge < -0.3 is 19.9 Å². The molecule has 0 aliphatic heterocycles. The van der Waals surface area contributed by atoms with E-state index < -0.39 is 0 Å². The number of aromatic hydroxyl groups is 1. The predicted molar refractivity (Wildman–Crippen MR) is 99.2 cm³/mol. The molecule has 2 aromatic rings. The van der Waals surface area contributed by atoms with Crippen molar-refractivity contribution in [3.8, 4) is 17.2 Å². The number of hydrogen-bond acceptors (Lipinski definition) is 5. The van der Waals surface area contributed by atoms with Crippen molar-refractivity contribution in [3.05, 3.63) is 48.0 Å². The van der Waals surface area contributed by atoms with Crippen LogP contribution in [0.5, 0.6) is 17.2 Å². The molecule has 4 nitrogen and oxygen atoms in total. The smallest absolute Gasteiger partial charge is 0.160 e. The first-order valence-electron chi connectivity index (χ1n) is 7.96. The second kappa shape index (κ2) is 9.45. The van der Waals surface area contributed by atoms with Gasteiger partial charge in [0, 0.05) is 17.2 Å². The average Bonchev–Trinajstić information content (AvgIpc) is 2.60. The minimum Gasteiger partial charge on any atom is -0.504 e. The lowest BCUT2D eigenvalue weighted by Gasteiger charge is -2.14. The number of rotatable bonds is 9. The highest BCUT2D eigenvalue weighted by Crippen LogP contribution is 2.30. The van der Waals surface area contributed by atoms with Crippen LogP contribution in [0.1, 0.15) is 12.5 Å². The maximum absolute atomic E-state index is 9.79. The number of phenols is 1. The van der Waals surface area contributed by atoms with Crippen LogP contribution in [0.3, 0.4) is 0 Å². The Bertz CT molecular complexity index is 648. The molecule has 0 radical (unpaired) electrons. The number of nitrogens with one attached hydrogen (secondary N) is 1. The third kappa shape index (κ3) is 5.35. The molecule has 2 rings (SSSR count). The van der Waals surface area contributed by atoms with Crippen molar-refractivity contribution < 1.29 is 14.6 Å². The summed E-state index contributed by atoms with van der Waals surface area (Å²) in [7, 11) is 3.25. The summed E-state index contributed by atoms with van der Waals surface area (Å²) in [4.78, 5) is 1.17. The minimum atomic E-state index is 0.177. The maximum atomic E-state index is 9.79. The topological polar surface area (TPSA) is 50.7 Å². The highest BCUT2D eigenvalue weighted by atomic mass is 32.2. The largest absolute Gasteiger partial charge is 0.504 e. The van der Waals surface area contributed by atoms with Crippen LogP contribution in [0.25, 0.3) is 0 Å². The zero-order valence-electron chi connectivity index (χ0n) is 14.4. The molecule has 0 aliphatic carbocycles. The van der Waals surface area contributed by atoms with Gasteiger partial charge in [0.25, 0.3) is 0 Å². The number of para-hydroxylation sites is 1. The van der Waals surface area contributed by atoms with Crippen LogP contribution in [0.15, 0.2) is 47.4 Å². The van der Waals surface area contributed by atoms with Crippen LogP contribution in [0.2, 0.25) is 0 Å². The van der Waals surface area contributed by atoms with Gasteiger partial charge in [0.1, 0.15) is 5.75 Å². The fourth-order valence-electron chi connectivity index (χ4n) is 2.34. The van der Waals surface area contributed by atoms with Gasteiger partial charge in [-0.3, -0.25) is 0 Å². The lowest BCUT2D eigenvalue weighted by molar-refractivity contribution is 0.373. The molecule has 5 heteroatoms. The number of ether oxygens (including phenoxy) is 2. The van der Waals surface area contributed by atoms with E-state index in [1.165, 1.54) is 4.90 Å². The summed E-state index contributed by atoms with van der Waals surface area (Å²) in [6.07, 6.45) is 0. The zero-order valence-corrected chi connectivity index (χ0v) is 15.2. The van der Waals surface area contributed by atoms with Crippen LogP contribution in [0, 0.1) is 5.92 Å². The van der Waals surface area contributed by atoms with E-state index in [0.29, 0.717) is 11.7 Å². The molecule has 0 aromatic heterocycles. The molecule has 1 atom stereocenters. The zero-order chi connectivity index (χ0) is 17.4. The molecule has 2 aromatic carbocycles. The van der Waals surface area contributed by atoms with Gasteiger partial charge in [-0.15, -0.1) is 11.8 Å². The monoisotopic (exact) mass is 347 g/mol. The molecule has 24 heavy (non-hydrogen) atoms. The van der Waals surface area contributed by atoms with Crippen LogP contribution < -0.4 is 14.8 Å². The van der Waals surface area contributed by atoms with Gasteiger partial charge >= 0.3 is 0 Å². The van der Waals surface area contributed by atoms with Crippen LogP contribution in [-0.4, -0.2) is 31.6 Å². The van der Waals surface area contributed by atoms with Gasteiger partial charge in [-0.05, 0) is 42.3 Å². The predicted octanol–water partition coefficient (Wildman–Crippen LogP) is 3.93. The van der Waals surface area contributed by atoms with Crippen molar-refractivity contribution in [2.24, 2.45) is 5.92 Å². The van der Waals surface area contributed by atoms with Crippen LogP contribution >= 0.6 is 11.8 Å². The summed E-state index contributed by atoms with van der Waals surface area (Å²) in [5.74, 6) is 3.14. The van der Waals surface area contributed by atoms with Gasteiger partial charge in [0.2, 0.25) is 0 Å². The molecule has 0 saturated carbocycles. The van der Waals surface area contributed by atoms with E-state index in [2.05, 4.69) is 18.3 Å². The van der Waals surface area contributed by atoms with Gasteiger partial charge in [-0.2, -0.15) is 0 Å². The van der Waals surface area contributed by atoms with Crippen molar-refractivity contribution in [2.75, 3.05) is 26.5 Å². The number of thioether (sulfide) groups is 1. The summed E-state index contributed by atoms with van der Waals surface area (Å²) in [5, 5.41) is 13.2. The van der Waals surface area contributed by atoms with Gasteiger partial charge in [-0.25, -0.2) is 0 Å². The number of methoxy groups -OCH3 is 2. The Hall–Kier alpha value is -1.85. The van der Waals surface area contributed by atoms with Crippen molar-refractivity contribution in [1.82, 2.24) is 5.32 Å². The van der Waals surface area contributed by atoms with Crippen LogP contribution in [0.4, 0.5) is 0 Å². The molecular weight excluding hydrogens is 322 g/mol. The Morgan fingerprint density at radius 2 is 1.83 bits per heavy atom. The van der Waals surface area contributed by atoms with Gasteiger partial charge in [0.15, 0.2) is 11.5 Å². The Balaban J connectivity index is 1.75. The van der Waals surface area contributed by atoms with Crippen molar-refractivity contribution in [1.29, 1.82) is 0 Å². The summed E-state index contributed by atoms with van der Waals surface area (Å²) in [6.45, 7) is 3.86. The van der Waals surface area contributed by atoms with E-state index in [0.717, 1.165) is 30.2 Å². The van der Waals surface area contributed by atoms with Gasteiger partial charge in [-0.1, -0.05) is 25.1 Å². The summed E-state index contributed by atoms with van der Waals surface area (Å²) >= 11 is 1.81. The Morgan fingerprint density at radius 1 is 1.08 bits per heavy atom. The molecule has 0 spiro atoms. The highest BCUT2D eigenvalue weighted by Gasteiger charge is 2.07.